The Bertz CT molecular complexity index is 1350. The van der Waals surface area contributed by atoms with Gasteiger partial charge in [0.2, 0.25) is 5.91 Å². The number of nitrogens with one attached hydrogen (secondary N) is 2. The quantitative estimate of drug-likeness (QED) is 0.473. The SMILES string of the molecule is CN1CCN(C(=O)Cc2ccc3[nH]c(-c4nc5ccccc5[nH]c4=O)c(N)c3c2)CC1. The third-order valence-corrected chi connectivity index (χ3v) is 5.95. The second-order valence-electron chi connectivity index (χ2n) is 8.09. The van der Waals surface area contributed by atoms with Gasteiger partial charge in [-0.3, -0.25) is 9.59 Å². The van der Waals surface area contributed by atoms with Gasteiger partial charge in [-0.2, -0.15) is 0 Å². The van der Waals surface area contributed by atoms with Crippen molar-refractivity contribution in [1.29, 1.82) is 0 Å². The normalized spacial score (nSPS) is 15.1. The van der Waals surface area contributed by atoms with Gasteiger partial charge in [-0.25, -0.2) is 4.98 Å². The van der Waals surface area contributed by atoms with E-state index >= 15 is 0 Å². The molecule has 0 spiro atoms. The number of anilines is 1. The lowest BCUT2D eigenvalue weighted by Gasteiger charge is -2.32. The number of para-hydroxylation sites is 2. The average molecular weight is 416 g/mol. The number of H-pyrrole nitrogens is 2. The molecule has 0 aliphatic carbocycles. The maximum absolute atomic E-state index is 12.7. The number of aromatic amines is 2. The Morgan fingerprint density at radius 1 is 1.06 bits per heavy atom. The summed E-state index contributed by atoms with van der Waals surface area (Å²) in [7, 11) is 2.07. The first kappa shape index (κ1) is 19.3. The van der Waals surface area contributed by atoms with Crippen LogP contribution in [0.5, 0.6) is 0 Å². The van der Waals surface area contributed by atoms with Gasteiger partial charge in [-0.1, -0.05) is 18.2 Å². The summed E-state index contributed by atoms with van der Waals surface area (Å²) in [6.45, 7) is 3.30. The van der Waals surface area contributed by atoms with Crippen LogP contribution >= 0.6 is 0 Å². The molecule has 0 bridgehead atoms. The van der Waals surface area contributed by atoms with Crippen LogP contribution in [-0.2, 0) is 11.2 Å². The summed E-state index contributed by atoms with van der Waals surface area (Å²) < 4.78 is 0. The number of nitrogens with two attached hydrogens (primary N) is 1. The van der Waals surface area contributed by atoms with Crippen molar-refractivity contribution >= 4 is 33.5 Å². The largest absolute Gasteiger partial charge is 0.396 e. The molecular formula is C23H24N6O2. The van der Waals surface area contributed by atoms with Crippen LogP contribution in [0, 0.1) is 0 Å². The highest BCUT2D eigenvalue weighted by molar-refractivity contribution is 6.00. The fraction of sp³-hybridized carbons (Fsp3) is 0.261. The van der Waals surface area contributed by atoms with E-state index in [0.29, 0.717) is 28.8 Å². The molecule has 4 aromatic rings. The van der Waals surface area contributed by atoms with Gasteiger partial charge in [-0.05, 0) is 36.9 Å². The number of amides is 1. The van der Waals surface area contributed by atoms with Gasteiger partial charge in [0.1, 0.15) is 0 Å². The molecule has 0 radical (unpaired) electrons. The van der Waals surface area contributed by atoms with Gasteiger partial charge >= 0.3 is 0 Å². The topological polar surface area (TPSA) is 111 Å². The Kier molecular flexibility index (Phi) is 4.71. The minimum Gasteiger partial charge on any atom is -0.396 e. The van der Waals surface area contributed by atoms with Crippen molar-refractivity contribution in [2.75, 3.05) is 39.0 Å². The number of piperazine rings is 1. The number of fused-ring (bicyclic) bond motifs is 2. The molecule has 0 atom stereocenters. The zero-order valence-electron chi connectivity index (χ0n) is 17.3. The van der Waals surface area contributed by atoms with Gasteiger partial charge in [-0.15, -0.1) is 0 Å². The molecular weight excluding hydrogens is 392 g/mol. The predicted molar refractivity (Wildman–Crippen MR) is 122 cm³/mol. The second kappa shape index (κ2) is 7.55. The molecule has 1 aliphatic rings. The molecule has 8 heteroatoms. The maximum atomic E-state index is 12.7. The molecule has 1 saturated heterocycles. The highest BCUT2D eigenvalue weighted by Crippen LogP contribution is 2.31. The molecule has 0 saturated carbocycles. The minimum absolute atomic E-state index is 0.120. The number of aromatic nitrogens is 3. The molecule has 4 N–H and O–H groups in total. The Balaban J connectivity index is 1.47. The van der Waals surface area contributed by atoms with Crippen molar-refractivity contribution in [2.45, 2.75) is 6.42 Å². The molecule has 1 fully saturated rings. The first-order chi connectivity index (χ1) is 15.0. The highest BCUT2D eigenvalue weighted by Gasteiger charge is 2.20. The number of carbonyl (C=O) groups is 1. The summed E-state index contributed by atoms with van der Waals surface area (Å²) >= 11 is 0. The van der Waals surface area contributed by atoms with Crippen LogP contribution in [0.15, 0.2) is 47.3 Å². The third kappa shape index (κ3) is 3.55. The summed E-state index contributed by atoms with van der Waals surface area (Å²) in [6.07, 6.45) is 0.328. The zero-order chi connectivity index (χ0) is 21.5. The highest BCUT2D eigenvalue weighted by atomic mass is 16.2. The van der Waals surface area contributed by atoms with Crippen LogP contribution in [0.4, 0.5) is 5.69 Å². The van der Waals surface area contributed by atoms with Crippen molar-refractivity contribution in [3.8, 4) is 11.4 Å². The molecule has 0 unspecified atom stereocenters. The maximum Gasteiger partial charge on any atom is 0.276 e. The Morgan fingerprint density at radius 3 is 2.65 bits per heavy atom. The lowest BCUT2D eigenvalue weighted by atomic mass is 10.1. The Labute approximate surface area is 178 Å². The van der Waals surface area contributed by atoms with Crippen LogP contribution in [0.2, 0.25) is 0 Å². The molecule has 2 aromatic heterocycles. The molecule has 31 heavy (non-hydrogen) atoms. The van der Waals surface area contributed by atoms with Crippen LogP contribution < -0.4 is 11.3 Å². The number of rotatable bonds is 3. The molecule has 5 rings (SSSR count). The van der Waals surface area contributed by atoms with Crippen LogP contribution in [-0.4, -0.2) is 63.9 Å². The van der Waals surface area contributed by atoms with Crippen molar-refractivity contribution in [2.24, 2.45) is 0 Å². The van der Waals surface area contributed by atoms with Gasteiger partial charge in [0.25, 0.3) is 5.56 Å². The lowest BCUT2D eigenvalue weighted by molar-refractivity contribution is -0.132. The summed E-state index contributed by atoms with van der Waals surface area (Å²) in [5.74, 6) is 0.120. The fourth-order valence-corrected chi connectivity index (χ4v) is 4.10. The molecule has 8 nitrogen and oxygen atoms in total. The molecule has 3 heterocycles. The van der Waals surface area contributed by atoms with Gasteiger partial charge in [0, 0.05) is 37.1 Å². The third-order valence-electron chi connectivity index (χ3n) is 5.95. The van der Waals surface area contributed by atoms with Crippen LogP contribution in [0.1, 0.15) is 5.56 Å². The van der Waals surface area contributed by atoms with E-state index in [4.69, 9.17) is 5.73 Å². The molecule has 1 amide bonds. The number of hydrogen-bond donors (Lipinski definition) is 3. The Hall–Kier alpha value is -3.65. The van der Waals surface area contributed by atoms with Crippen molar-refractivity contribution in [3.63, 3.8) is 0 Å². The number of carbonyl (C=O) groups excluding carboxylic acids is 1. The van der Waals surface area contributed by atoms with Crippen molar-refractivity contribution in [3.05, 3.63) is 58.4 Å². The summed E-state index contributed by atoms with van der Waals surface area (Å²) in [5.41, 5.74) is 10.4. The first-order valence-electron chi connectivity index (χ1n) is 10.4. The van der Waals surface area contributed by atoms with E-state index in [0.717, 1.165) is 42.6 Å². The van der Waals surface area contributed by atoms with E-state index in [1.54, 1.807) is 0 Å². The van der Waals surface area contributed by atoms with Gasteiger partial charge in [0.15, 0.2) is 5.69 Å². The van der Waals surface area contributed by atoms with Crippen LogP contribution in [0.3, 0.4) is 0 Å². The zero-order valence-corrected chi connectivity index (χ0v) is 17.3. The Morgan fingerprint density at radius 2 is 1.84 bits per heavy atom. The first-order valence-corrected chi connectivity index (χ1v) is 10.4. The van der Waals surface area contributed by atoms with Crippen molar-refractivity contribution in [1.82, 2.24) is 24.8 Å². The monoisotopic (exact) mass is 416 g/mol. The van der Waals surface area contributed by atoms with Crippen LogP contribution in [0.25, 0.3) is 33.3 Å². The van der Waals surface area contributed by atoms with E-state index in [-0.39, 0.29) is 17.2 Å². The van der Waals surface area contributed by atoms with E-state index in [2.05, 4.69) is 26.9 Å². The number of nitrogen functional groups attached to an aromatic ring is 1. The number of benzene rings is 2. The van der Waals surface area contributed by atoms with E-state index in [1.165, 1.54) is 0 Å². The molecule has 2 aromatic carbocycles. The standard InChI is InChI=1S/C23H24N6O2/c1-28-8-10-29(11-9-28)19(30)13-14-6-7-16-15(12-14)20(24)21(25-16)22-23(31)27-18-5-3-2-4-17(18)26-22/h2-7,12,25H,8-11,13,24H2,1H3,(H,27,31). The summed E-state index contributed by atoms with van der Waals surface area (Å²) in [4.78, 5) is 40.1. The smallest absolute Gasteiger partial charge is 0.276 e. The predicted octanol–water partition coefficient (Wildman–Crippen LogP) is 1.97. The fourth-order valence-electron chi connectivity index (χ4n) is 4.10. The van der Waals surface area contributed by atoms with Crippen molar-refractivity contribution < 1.29 is 4.79 Å². The lowest BCUT2D eigenvalue weighted by Crippen LogP contribution is -2.47. The summed E-state index contributed by atoms with van der Waals surface area (Å²) in [5, 5.41) is 0.785. The van der Waals surface area contributed by atoms with Gasteiger partial charge in [0.05, 0.1) is 28.8 Å². The number of likely N-dealkylation sites (N-methyl/N-ethyl adjacent to an activating group) is 1. The molecule has 158 valence electrons. The minimum atomic E-state index is -0.303. The average Bonchev–Trinajstić information content (AvgIpc) is 3.09. The van der Waals surface area contributed by atoms with E-state index < -0.39 is 0 Å². The van der Waals surface area contributed by atoms with E-state index in [1.807, 2.05) is 47.4 Å². The number of hydrogen-bond acceptors (Lipinski definition) is 5. The van der Waals surface area contributed by atoms with E-state index in [9.17, 15) is 9.59 Å². The van der Waals surface area contributed by atoms with Gasteiger partial charge < -0.3 is 25.5 Å². The summed E-state index contributed by atoms with van der Waals surface area (Å²) in [6, 6.07) is 13.1. The number of nitrogens with zero attached hydrogens (tertiary/aromatic N) is 3. The molecule has 1 aliphatic heterocycles. The second-order valence-corrected chi connectivity index (χ2v) is 8.09.